The first-order valence-corrected chi connectivity index (χ1v) is 6.20. The van der Waals surface area contributed by atoms with E-state index in [1.807, 2.05) is 6.07 Å². The molecule has 1 fully saturated rings. The van der Waals surface area contributed by atoms with Crippen LogP contribution in [0.25, 0.3) is 0 Å². The number of anilines is 1. The van der Waals surface area contributed by atoms with Gasteiger partial charge in [0.15, 0.2) is 0 Å². The number of hydrogen-bond donors (Lipinski definition) is 2. The summed E-state index contributed by atoms with van der Waals surface area (Å²) in [7, 11) is 0. The molecule has 1 aromatic rings. The summed E-state index contributed by atoms with van der Waals surface area (Å²) in [6.45, 7) is 2.91. The third-order valence-electron chi connectivity index (χ3n) is 3.66. The lowest BCUT2D eigenvalue weighted by Gasteiger charge is -2.39. The van der Waals surface area contributed by atoms with E-state index in [4.69, 9.17) is 16.2 Å². The molecule has 1 aromatic heterocycles. The van der Waals surface area contributed by atoms with Crippen LogP contribution in [0.2, 0.25) is 0 Å². The summed E-state index contributed by atoms with van der Waals surface area (Å²) in [4.78, 5) is 4.09. The molecule has 4 nitrogen and oxygen atoms in total. The summed E-state index contributed by atoms with van der Waals surface area (Å²) in [5.74, 6) is 0. The van der Waals surface area contributed by atoms with Gasteiger partial charge in [-0.3, -0.25) is 4.98 Å². The maximum absolute atomic E-state index is 6.28. The average molecular weight is 235 g/mol. The van der Waals surface area contributed by atoms with Crippen LogP contribution >= 0.6 is 0 Å². The molecular weight excluding hydrogens is 214 g/mol. The Bertz CT molecular complexity index is 375. The van der Waals surface area contributed by atoms with Crippen LogP contribution in [0, 0.1) is 0 Å². The Balaban J connectivity index is 2.05. The Hall–Kier alpha value is -1.13. The van der Waals surface area contributed by atoms with Gasteiger partial charge in [0.1, 0.15) is 0 Å². The molecule has 1 aliphatic rings. The van der Waals surface area contributed by atoms with Gasteiger partial charge in [-0.15, -0.1) is 0 Å². The second-order valence-electron chi connectivity index (χ2n) is 5.00. The Morgan fingerprint density at radius 1 is 1.53 bits per heavy atom. The summed E-state index contributed by atoms with van der Waals surface area (Å²) < 4.78 is 5.85. The van der Waals surface area contributed by atoms with Crippen molar-refractivity contribution in [1.29, 1.82) is 0 Å². The van der Waals surface area contributed by atoms with Gasteiger partial charge in [0, 0.05) is 30.7 Å². The van der Waals surface area contributed by atoms with Crippen molar-refractivity contribution in [2.75, 3.05) is 12.3 Å². The average Bonchev–Trinajstić information content (AvgIpc) is 2.33. The number of ether oxygens (including phenoxy) is 1. The summed E-state index contributed by atoms with van der Waals surface area (Å²) >= 11 is 0. The molecular formula is C13H21N3O. The minimum Gasteiger partial charge on any atom is -0.398 e. The van der Waals surface area contributed by atoms with Gasteiger partial charge in [0.25, 0.3) is 0 Å². The Kier molecular flexibility index (Phi) is 3.64. The van der Waals surface area contributed by atoms with Gasteiger partial charge in [0.05, 0.1) is 5.60 Å². The predicted octanol–water partition coefficient (Wildman–Crippen LogP) is 1.49. The largest absolute Gasteiger partial charge is 0.398 e. The lowest BCUT2D eigenvalue weighted by Crippen LogP contribution is -2.50. The molecule has 4 N–H and O–H groups in total. The summed E-state index contributed by atoms with van der Waals surface area (Å²) in [6, 6.07) is 1.78. The van der Waals surface area contributed by atoms with Crippen LogP contribution in [-0.4, -0.2) is 23.2 Å². The molecule has 17 heavy (non-hydrogen) atoms. The molecule has 0 spiro atoms. The maximum atomic E-state index is 6.28. The van der Waals surface area contributed by atoms with Crippen molar-refractivity contribution >= 4 is 5.69 Å². The van der Waals surface area contributed by atoms with Crippen LogP contribution < -0.4 is 11.5 Å². The molecule has 0 radical (unpaired) electrons. The van der Waals surface area contributed by atoms with Gasteiger partial charge >= 0.3 is 0 Å². The van der Waals surface area contributed by atoms with Crippen LogP contribution in [0.1, 0.15) is 31.7 Å². The summed E-state index contributed by atoms with van der Waals surface area (Å²) in [6.07, 6.45) is 7.55. The molecule has 2 unspecified atom stereocenters. The zero-order valence-electron chi connectivity index (χ0n) is 10.4. The molecule has 0 bridgehead atoms. The second kappa shape index (κ2) is 5.02. The molecule has 0 amide bonds. The highest BCUT2D eigenvalue weighted by Gasteiger charge is 2.34. The Morgan fingerprint density at radius 3 is 3.00 bits per heavy atom. The quantitative estimate of drug-likeness (QED) is 0.832. The SMILES string of the molecule is CC1(C(N)Cc2cnccc2N)CCCCO1. The number of rotatable bonds is 3. The zero-order chi connectivity index (χ0) is 12.3. The topological polar surface area (TPSA) is 74.2 Å². The zero-order valence-corrected chi connectivity index (χ0v) is 10.4. The second-order valence-corrected chi connectivity index (χ2v) is 5.00. The summed E-state index contributed by atoms with van der Waals surface area (Å²) in [5.41, 5.74) is 13.7. The number of nitrogens with zero attached hydrogens (tertiary/aromatic N) is 1. The van der Waals surface area contributed by atoms with E-state index >= 15 is 0 Å². The first-order chi connectivity index (χ1) is 8.12. The van der Waals surface area contributed by atoms with Crippen LogP contribution in [0.4, 0.5) is 5.69 Å². The monoisotopic (exact) mass is 235 g/mol. The van der Waals surface area contributed by atoms with E-state index in [1.165, 1.54) is 6.42 Å². The van der Waals surface area contributed by atoms with Gasteiger partial charge in [-0.25, -0.2) is 0 Å². The molecule has 2 atom stereocenters. The van der Waals surface area contributed by atoms with Crippen LogP contribution in [0.15, 0.2) is 18.5 Å². The molecule has 4 heteroatoms. The molecule has 94 valence electrons. The fraction of sp³-hybridized carbons (Fsp3) is 0.615. The van der Waals surface area contributed by atoms with Crippen molar-refractivity contribution in [2.45, 2.75) is 44.2 Å². The van der Waals surface area contributed by atoms with Crippen LogP contribution in [-0.2, 0) is 11.2 Å². The van der Waals surface area contributed by atoms with Gasteiger partial charge in [-0.1, -0.05) is 0 Å². The molecule has 0 saturated carbocycles. The normalized spacial score (nSPS) is 26.7. The van der Waals surface area contributed by atoms with Crippen LogP contribution in [0.5, 0.6) is 0 Å². The lowest BCUT2D eigenvalue weighted by molar-refractivity contribution is -0.0808. The van der Waals surface area contributed by atoms with Gasteiger partial charge in [0.2, 0.25) is 0 Å². The molecule has 1 saturated heterocycles. The minimum atomic E-state index is -0.222. The molecule has 1 aliphatic heterocycles. The first kappa shape index (κ1) is 12.3. The Morgan fingerprint density at radius 2 is 2.35 bits per heavy atom. The van der Waals surface area contributed by atoms with E-state index in [1.54, 1.807) is 12.4 Å². The third-order valence-corrected chi connectivity index (χ3v) is 3.66. The minimum absolute atomic E-state index is 0.0331. The molecule has 2 heterocycles. The Labute approximate surface area is 102 Å². The number of hydrogen-bond acceptors (Lipinski definition) is 4. The van der Waals surface area contributed by atoms with Crippen molar-refractivity contribution in [3.05, 3.63) is 24.0 Å². The highest BCUT2D eigenvalue weighted by Crippen LogP contribution is 2.29. The smallest absolute Gasteiger partial charge is 0.0807 e. The fourth-order valence-electron chi connectivity index (χ4n) is 2.31. The van der Waals surface area contributed by atoms with Crippen molar-refractivity contribution < 1.29 is 4.74 Å². The fourth-order valence-corrected chi connectivity index (χ4v) is 2.31. The first-order valence-electron chi connectivity index (χ1n) is 6.20. The highest BCUT2D eigenvalue weighted by atomic mass is 16.5. The van der Waals surface area contributed by atoms with Gasteiger partial charge in [-0.2, -0.15) is 0 Å². The molecule has 0 aromatic carbocycles. The van der Waals surface area contributed by atoms with Crippen molar-refractivity contribution in [3.63, 3.8) is 0 Å². The summed E-state index contributed by atoms with van der Waals surface area (Å²) in [5, 5.41) is 0. The van der Waals surface area contributed by atoms with E-state index in [2.05, 4.69) is 11.9 Å². The van der Waals surface area contributed by atoms with Gasteiger partial charge < -0.3 is 16.2 Å². The van der Waals surface area contributed by atoms with Crippen LogP contribution in [0.3, 0.4) is 0 Å². The lowest BCUT2D eigenvalue weighted by atomic mass is 9.85. The molecule has 2 rings (SSSR count). The number of nitrogen functional groups attached to an aromatic ring is 1. The molecule has 0 aliphatic carbocycles. The van der Waals surface area contributed by atoms with Crippen molar-refractivity contribution in [3.8, 4) is 0 Å². The van der Waals surface area contributed by atoms with Gasteiger partial charge in [-0.05, 0) is 44.2 Å². The number of nitrogens with two attached hydrogens (primary N) is 2. The third kappa shape index (κ3) is 2.76. The maximum Gasteiger partial charge on any atom is 0.0807 e. The van der Waals surface area contributed by atoms with Crippen molar-refractivity contribution in [1.82, 2.24) is 4.98 Å². The van der Waals surface area contributed by atoms with E-state index < -0.39 is 0 Å². The van der Waals surface area contributed by atoms with E-state index in [0.717, 1.165) is 37.1 Å². The predicted molar refractivity (Wildman–Crippen MR) is 68.5 cm³/mol. The number of aromatic nitrogens is 1. The highest BCUT2D eigenvalue weighted by molar-refractivity contribution is 5.44. The van der Waals surface area contributed by atoms with E-state index in [9.17, 15) is 0 Å². The number of pyridine rings is 1. The van der Waals surface area contributed by atoms with E-state index in [0.29, 0.717) is 0 Å². The standard InChI is InChI=1S/C13H21N3O/c1-13(5-2-3-7-17-13)12(15)8-10-9-16-6-4-11(10)14/h4,6,9,12H,2-3,5,7-8,15H2,1H3,(H2,14,16). The van der Waals surface area contributed by atoms with E-state index in [-0.39, 0.29) is 11.6 Å². The van der Waals surface area contributed by atoms with Crippen molar-refractivity contribution in [2.24, 2.45) is 5.73 Å².